The second-order valence-corrected chi connectivity index (χ2v) is 10.1. The molecule has 0 radical (unpaired) electrons. The van der Waals surface area contributed by atoms with E-state index in [-0.39, 0.29) is 36.8 Å². The molecule has 1 aliphatic carbocycles. The Balaban J connectivity index is 1.40. The van der Waals surface area contributed by atoms with Crippen molar-refractivity contribution in [1.82, 2.24) is 0 Å². The van der Waals surface area contributed by atoms with Crippen molar-refractivity contribution in [2.45, 2.75) is 70.3 Å². The van der Waals surface area contributed by atoms with E-state index < -0.39 is 59.8 Å². The van der Waals surface area contributed by atoms with Crippen molar-refractivity contribution in [1.29, 1.82) is 0 Å². The molecule has 0 N–H and O–H groups in total. The van der Waals surface area contributed by atoms with Crippen LogP contribution in [-0.4, -0.2) is 12.5 Å². The third kappa shape index (κ3) is 6.73. The Bertz CT molecular complexity index is 1230. The van der Waals surface area contributed by atoms with Gasteiger partial charge in [-0.05, 0) is 84.5 Å². The van der Waals surface area contributed by atoms with E-state index in [4.69, 9.17) is 0 Å². The van der Waals surface area contributed by atoms with E-state index >= 15 is 8.78 Å². The van der Waals surface area contributed by atoms with Crippen LogP contribution in [-0.2, 0) is 12.8 Å². The number of alkyl halides is 4. The highest BCUT2D eigenvalue weighted by Gasteiger charge is 2.42. The van der Waals surface area contributed by atoms with Crippen LogP contribution in [0.4, 0.5) is 35.1 Å². The largest absolute Gasteiger partial charge is 0.429 e. The Morgan fingerprint density at radius 1 is 0.769 bits per heavy atom. The van der Waals surface area contributed by atoms with Gasteiger partial charge in [-0.15, -0.1) is 0 Å². The zero-order valence-corrected chi connectivity index (χ0v) is 21.2. The minimum atomic E-state index is -3.39. The number of halogens is 8. The van der Waals surface area contributed by atoms with E-state index in [1.165, 1.54) is 36.4 Å². The van der Waals surface area contributed by atoms with Gasteiger partial charge < -0.3 is 4.74 Å². The first-order valence-corrected chi connectivity index (χ1v) is 12.9. The van der Waals surface area contributed by atoms with Crippen LogP contribution >= 0.6 is 0 Å². The summed E-state index contributed by atoms with van der Waals surface area (Å²) in [5.41, 5.74) is 1.20. The molecule has 9 heteroatoms. The summed E-state index contributed by atoms with van der Waals surface area (Å²) in [7, 11) is 0. The van der Waals surface area contributed by atoms with Crippen LogP contribution < -0.4 is 4.74 Å². The second kappa shape index (κ2) is 12.0. The summed E-state index contributed by atoms with van der Waals surface area (Å²) in [5, 5.41) is 0. The predicted octanol–water partition coefficient (Wildman–Crippen LogP) is 9.62. The number of rotatable bonds is 9. The molecule has 39 heavy (non-hydrogen) atoms. The van der Waals surface area contributed by atoms with Crippen molar-refractivity contribution in [2.75, 3.05) is 0 Å². The van der Waals surface area contributed by atoms with E-state index in [0.717, 1.165) is 18.6 Å². The first kappa shape index (κ1) is 28.9. The van der Waals surface area contributed by atoms with Crippen LogP contribution in [0.1, 0.15) is 61.6 Å². The molecular formula is C30H28F8O. The van der Waals surface area contributed by atoms with Crippen LogP contribution in [0.3, 0.4) is 0 Å². The van der Waals surface area contributed by atoms with Crippen molar-refractivity contribution >= 4 is 0 Å². The summed E-state index contributed by atoms with van der Waals surface area (Å²) < 4.78 is 116. The van der Waals surface area contributed by atoms with Gasteiger partial charge in [0.1, 0.15) is 11.6 Å². The number of aryl methyl sites for hydroxylation is 1. The Kier molecular flexibility index (Phi) is 8.86. The lowest BCUT2D eigenvalue weighted by Crippen LogP contribution is -2.33. The molecule has 0 atom stereocenters. The third-order valence-electron chi connectivity index (χ3n) is 7.34. The van der Waals surface area contributed by atoms with Gasteiger partial charge >= 0.3 is 6.61 Å². The summed E-state index contributed by atoms with van der Waals surface area (Å²) >= 11 is 0. The molecule has 1 aliphatic rings. The molecule has 0 aromatic heterocycles. The van der Waals surface area contributed by atoms with Gasteiger partial charge in [0.15, 0.2) is 17.4 Å². The van der Waals surface area contributed by atoms with Crippen LogP contribution in [0.2, 0.25) is 0 Å². The zero-order valence-electron chi connectivity index (χ0n) is 21.2. The van der Waals surface area contributed by atoms with Crippen LogP contribution in [0, 0.1) is 29.2 Å². The molecule has 1 saturated carbocycles. The summed E-state index contributed by atoms with van der Waals surface area (Å²) in [6, 6.07) is 9.97. The molecular weight excluding hydrogens is 528 g/mol. The van der Waals surface area contributed by atoms with E-state index in [1.54, 1.807) is 0 Å². The lowest BCUT2D eigenvalue weighted by Gasteiger charge is -2.34. The molecule has 0 unspecified atom stereocenters. The van der Waals surface area contributed by atoms with Crippen molar-refractivity contribution in [2.24, 2.45) is 5.92 Å². The maximum atomic E-state index is 15.2. The van der Waals surface area contributed by atoms with Crippen LogP contribution in [0.15, 0.2) is 48.5 Å². The fourth-order valence-electron chi connectivity index (χ4n) is 5.42. The molecule has 1 fully saturated rings. The van der Waals surface area contributed by atoms with Gasteiger partial charge in [0.05, 0.1) is 0 Å². The number of hydrogen-bond acceptors (Lipinski definition) is 1. The normalized spacial score (nSPS) is 18.0. The van der Waals surface area contributed by atoms with E-state index in [0.29, 0.717) is 23.1 Å². The third-order valence-corrected chi connectivity index (χ3v) is 7.34. The first-order chi connectivity index (χ1) is 18.5. The average molecular weight is 557 g/mol. The molecule has 3 aromatic rings. The van der Waals surface area contributed by atoms with Gasteiger partial charge in [0.25, 0.3) is 5.92 Å². The summed E-state index contributed by atoms with van der Waals surface area (Å²) in [6.45, 7) is -1.48. The van der Waals surface area contributed by atoms with Crippen molar-refractivity contribution in [3.63, 3.8) is 0 Å². The molecule has 3 aromatic carbocycles. The van der Waals surface area contributed by atoms with Gasteiger partial charge in [-0.3, -0.25) is 0 Å². The second-order valence-electron chi connectivity index (χ2n) is 10.1. The highest BCUT2D eigenvalue weighted by Crippen LogP contribution is 2.45. The highest BCUT2D eigenvalue weighted by molar-refractivity contribution is 5.65. The summed E-state index contributed by atoms with van der Waals surface area (Å²) in [5.74, 6) is -9.54. The zero-order chi connectivity index (χ0) is 28.3. The molecule has 0 spiro atoms. The lowest BCUT2D eigenvalue weighted by molar-refractivity contribution is -0.0716. The highest BCUT2D eigenvalue weighted by atomic mass is 19.3. The maximum Gasteiger partial charge on any atom is 0.387 e. The maximum absolute atomic E-state index is 15.2. The molecule has 0 amide bonds. The fraction of sp³-hybridized carbons (Fsp3) is 0.400. The minimum absolute atomic E-state index is 0.0196. The molecule has 1 nitrogen and oxygen atoms in total. The van der Waals surface area contributed by atoms with Crippen molar-refractivity contribution < 1.29 is 39.9 Å². The number of hydrogen-bond donors (Lipinski definition) is 0. The van der Waals surface area contributed by atoms with Crippen molar-refractivity contribution in [3.8, 4) is 16.9 Å². The van der Waals surface area contributed by atoms with Crippen molar-refractivity contribution in [3.05, 3.63) is 88.5 Å². The quantitative estimate of drug-likeness (QED) is 0.239. The molecule has 0 bridgehead atoms. The Morgan fingerprint density at radius 2 is 1.33 bits per heavy atom. The van der Waals surface area contributed by atoms with Gasteiger partial charge in [0, 0.05) is 17.9 Å². The van der Waals surface area contributed by atoms with E-state index in [1.807, 2.05) is 6.92 Å². The summed E-state index contributed by atoms with van der Waals surface area (Å²) in [6.07, 6.45) is 1.49. The van der Waals surface area contributed by atoms with Gasteiger partial charge in [-0.1, -0.05) is 37.6 Å². The Labute approximate surface area is 221 Å². The molecule has 4 rings (SSSR count). The molecule has 0 saturated heterocycles. The standard InChI is InChI=1S/C30H28F8O/c1-2-3-18-12-23(31)27(24(32)13-18)20-8-10-22(11-9-20)30(37,38)16-17-4-6-19(7-5-17)21-14-25(33)28(26(34)15-21)39-29(35)36/h4-7,12-15,20,22,29H,2-3,8-11,16H2,1H3. The lowest BCUT2D eigenvalue weighted by atomic mass is 9.75. The predicted molar refractivity (Wildman–Crippen MR) is 132 cm³/mol. The minimum Gasteiger partial charge on any atom is -0.429 e. The smallest absolute Gasteiger partial charge is 0.387 e. The van der Waals surface area contributed by atoms with Gasteiger partial charge in [-0.2, -0.15) is 8.78 Å². The van der Waals surface area contributed by atoms with Crippen LogP contribution in [0.25, 0.3) is 11.1 Å². The molecule has 0 aliphatic heterocycles. The van der Waals surface area contributed by atoms with Crippen LogP contribution in [0.5, 0.6) is 5.75 Å². The monoisotopic (exact) mass is 556 g/mol. The summed E-state index contributed by atoms with van der Waals surface area (Å²) in [4.78, 5) is 0. The first-order valence-electron chi connectivity index (χ1n) is 12.9. The average Bonchev–Trinajstić information content (AvgIpc) is 2.86. The number of benzene rings is 3. The topological polar surface area (TPSA) is 9.23 Å². The molecule has 0 heterocycles. The van der Waals surface area contributed by atoms with E-state index in [9.17, 15) is 26.3 Å². The Hall–Kier alpha value is -3.10. The van der Waals surface area contributed by atoms with Gasteiger partial charge in [-0.25, -0.2) is 26.3 Å². The fourth-order valence-corrected chi connectivity index (χ4v) is 5.42. The number of ether oxygens (including phenoxy) is 1. The molecule has 210 valence electrons. The SMILES string of the molecule is CCCc1cc(F)c(C2CCC(C(F)(F)Cc3ccc(-c4cc(F)c(OC(F)F)c(F)c4)cc3)CC2)c(F)c1. The Morgan fingerprint density at radius 3 is 1.85 bits per heavy atom. The van der Waals surface area contributed by atoms with E-state index in [2.05, 4.69) is 4.74 Å². The van der Waals surface area contributed by atoms with Gasteiger partial charge in [0.2, 0.25) is 0 Å².